The van der Waals surface area contributed by atoms with Crippen LogP contribution in [0.3, 0.4) is 0 Å². The van der Waals surface area contributed by atoms with E-state index in [9.17, 15) is 77.3 Å². The number of rotatable bonds is 15. The molecule has 1 amide bonds. The van der Waals surface area contributed by atoms with E-state index < -0.39 is 93.0 Å². The van der Waals surface area contributed by atoms with E-state index in [2.05, 4.69) is 41.4 Å². The molecule has 5 aromatic carbocycles. The number of aromatic nitrogens is 1. The minimum absolute atomic E-state index is 0. The van der Waals surface area contributed by atoms with Gasteiger partial charge in [-0.15, -0.1) is 20.5 Å². The smallest absolute Gasteiger partial charge is 0.744 e. The molecule has 0 fully saturated rings. The van der Waals surface area contributed by atoms with Crippen molar-refractivity contribution in [1.82, 2.24) is 4.98 Å². The molecule has 374 valence electrons. The van der Waals surface area contributed by atoms with Crippen molar-refractivity contribution in [2.24, 2.45) is 20.5 Å². The van der Waals surface area contributed by atoms with Gasteiger partial charge in [0.2, 0.25) is 5.91 Å². The number of nitriles is 2. The second-order valence-electron chi connectivity index (χ2n) is 14.9. The average molecular weight is 1110 g/mol. The van der Waals surface area contributed by atoms with Crippen molar-refractivity contribution >= 4 is 124 Å². The summed E-state index contributed by atoms with van der Waals surface area (Å²) in [6.07, 6.45) is 0. The van der Waals surface area contributed by atoms with E-state index >= 15 is 0 Å². The molecule has 0 saturated heterocycles. The van der Waals surface area contributed by atoms with Gasteiger partial charge < -0.3 is 34.2 Å². The fraction of sp³-hybridized carbons (Fsp3) is 0.0476. The van der Waals surface area contributed by atoms with Gasteiger partial charge in [0.25, 0.3) is 5.69 Å². The van der Waals surface area contributed by atoms with Crippen LogP contribution in [0.1, 0.15) is 25.0 Å². The third-order valence-electron chi connectivity index (χ3n) is 10.0. The molecule has 2 aromatic heterocycles. The molecule has 3 N–H and O–H groups in total. The quantitative estimate of drug-likeness (QED) is 0.0290. The summed E-state index contributed by atoms with van der Waals surface area (Å²) in [6.45, 7) is 2.68. The number of nitro benzene ring substituents is 1. The molecule has 0 atom stereocenters. The van der Waals surface area contributed by atoms with Crippen molar-refractivity contribution in [2.45, 2.75) is 33.4 Å². The second kappa shape index (κ2) is 25.6. The van der Waals surface area contributed by atoms with Crippen molar-refractivity contribution in [3.8, 4) is 23.3 Å². The van der Waals surface area contributed by atoms with Gasteiger partial charge in [-0.25, -0.2) is 38.7 Å². The van der Waals surface area contributed by atoms with Crippen LogP contribution < -0.4 is 91.4 Å². The monoisotopic (exact) mass is 1110 g/mol. The summed E-state index contributed by atoms with van der Waals surface area (Å²) < 4.78 is 144. The van der Waals surface area contributed by atoms with Crippen LogP contribution in [0.25, 0.3) is 21.9 Å². The maximum atomic E-state index is 12.5. The van der Waals surface area contributed by atoms with Crippen LogP contribution in [-0.4, -0.2) is 67.7 Å². The summed E-state index contributed by atoms with van der Waals surface area (Å²) in [7, 11) is -20.8. The van der Waals surface area contributed by atoms with Gasteiger partial charge in [-0.3, -0.25) is 14.9 Å². The number of amides is 1. The van der Waals surface area contributed by atoms with Gasteiger partial charge in [0.1, 0.15) is 68.9 Å². The first-order valence-corrected chi connectivity index (χ1v) is 26.2. The van der Waals surface area contributed by atoms with E-state index in [0.717, 1.165) is 30.3 Å². The number of fused-ring (bicyclic) bond motifs is 1. The number of thiophene rings is 1. The zero-order valence-electron chi connectivity index (χ0n) is 40.5. The predicted molar refractivity (Wildman–Crippen MR) is 255 cm³/mol. The summed E-state index contributed by atoms with van der Waals surface area (Å²) in [4.78, 5) is 23.2. The molecule has 0 saturated carbocycles. The van der Waals surface area contributed by atoms with E-state index in [-0.39, 0.29) is 143 Å². The van der Waals surface area contributed by atoms with Crippen LogP contribution in [0.4, 0.5) is 55.8 Å². The van der Waals surface area contributed by atoms with E-state index in [0.29, 0.717) is 35.2 Å². The van der Waals surface area contributed by atoms with Crippen molar-refractivity contribution in [2.75, 3.05) is 16.0 Å². The minimum Gasteiger partial charge on any atom is -0.744 e. The maximum Gasteiger partial charge on any atom is 1.00 e. The number of nitrogens with zero attached hydrogens (tertiary/aromatic N) is 8. The van der Waals surface area contributed by atoms with E-state index in [4.69, 9.17) is 0 Å². The summed E-state index contributed by atoms with van der Waals surface area (Å²) in [6, 6.07) is 21.1. The zero-order valence-corrected chi connectivity index (χ0v) is 44.6. The van der Waals surface area contributed by atoms with E-state index in [1.54, 1.807) is 0 Å². The number of carbonyl (C=O) groups is 1. The molecule has 0 aliphatic heterocycles. The maximum absolute atomic E-state index is 12.5. The number of hydrogen-bond donors (Lipinski definition) is 3. The summed E-state index contributed by atoms with van der Waals surface area (Å²) >= 11 is 0.639. The molecule has 26 nitrogen and oxygen atoms in total. The summed E-state index contributed by atoms with van der Waals surface area (Å²) in [5.41, 5.74) is -1.27. The molecule has 7 rings (SSSR count). The van der Waals surface area contributed by atoms with E-state index in [1.807, 2.05) is 12.1 Å². The predicted octanol–water partition coefficient (Wildman–Crippen LogP) is -3.92. The van der Waals surface area contributed by atoms with Crippen LogP contribution >= 0.6 is 11.3 Å². The standard InChI is InChI=1S/C42H29N11O15S5.4Li.H2/c1-21-33(19-43)39(46-25-7-11-29(12-8-25)70(57,58)59)48-40(47-26-9-13-30(14-10-26)71(60,61)62)38(21)50-51-41-34(20-44)37(23-3-5-24(6-4-23)45-22(2)54)42(69-41)52-49-27-15-31-32(35(16-27)72(63,64)65)17-28(53(55)56)18-36(31)73(66,67)68;;;;;/h3-18H,1-2H3,(H,45,54)(H2,46,47,48)(H,57,58,59)(H,60,61,62)(H,63,64,65)(H,66,67,68);;;;;1H/q;4*+1;/p-4. The van der Waals surface area contributed by atoms with Crippen molar-refractivity contribution in [1.29, 1.82) is 10.5 Å². The Labute approximate surface area is 490 Å². The van der Waals surface area contributed by atoms with Crippen molar-refractivity contribution < 1.29 is 138 Å². The Morgan fingerprint density at radius 1 is 0.623 bits per heavy atom. The first-order valence-electron chi connectivity index (χ1n) is 19.7. The van der Waals surface area contributed by atoms with Gasteiger partial charge >= 0.3 is 75.4 Å². The van der Waals surface area contributed by atoms with Gasteiger partial charge in [-0.05, 0) is 85.3 Å². The number of hydrogen-bond acceptors (Lipinski definition) is 25. The molecule has 0 spiro atoms. The van der Waals surface area contributed by atoms with Crippen LogP contribution in [-0.2, 0) is 45.3 Å². The normalized spacial score (nSPS) is 11.5. The number of azo groups is 2. The fourth-order valence-electron chi connectivity index (χ4n) is 6.80. The SMILES string of the molecule is CC(=O)Nc1ccc(-c2c(N=Nc3cc(S(=O)(=O)[O-])c4cc([N+](=O)[O-])cc(S(=O)(=O)[O-])c4c3)sc(N=Nc3c(Nc4ccc(S(=O)(=O)[O-])cc4)nc(Nc4ccc(S(=O)(=O)[O-])cc4)c(C#N)c3C)c2C#N)cc1.[HH].[Li+].[Li+].[Li+].[Li+]. The van der Waals surface area contributed by atoms with Crippen LogP contribution in [0.5, 0.6) is 0 Å². The third kappa shape index (κ3) is 15.1. The van der Waals surface area contributed by atoms with Gasteiger partial charge in [0.05, 0.1) is 35.8 Å². The van der Waals surface area contributed by atoms with Gasteiger partial charge in [-0.2, -0.15) is 10.5 Å². The Balaban J connectivity index is 0.00000416. The first-order chi connectivity index (χ1) is 34.2. The number of anilines is 5. The molecule has 0 bridgehead atoms. The number of pyridine rings is 1. The number of carbonyl (C=O) groups excluding carboxylic acids is 1. The number of benzene rings is 5. The molecule has 0 radical (unpaired) electrons. The Bertz CT molecular complexity index is 4110. The van der Waals surface area contributed by atoms with Crippen LogP contribution in [0, 0.1) is 39.7 Å². The molecule has 0 unspecified atom stereocenters. The van der Waals surface area contributed by atoms with Gasteiger partial charge in [0, 0.05) is 59.4 Å². The average Bonchev–Trinajstić information content (AvgIpc) is 3.66. The molecular formula is C42H27Li4N11O15S5. The number of non-ortho nitro benzene ring substituents is 1. The van der Waals surface area contributed by atoms with Crippen LogP contribution in [0.2, 0.25) is 0 Å². The van der Waals surface area contributed by atoms with Gasteiger partial charge in [0.15, 0.2) is 16.6 Å². The number of nitrogens with one attached hydrogen (secondary N) is 3. The van der Waals surface area contributed by atoms with Gasteiger partial charge in [-0.1, -0.05) is 23.5 Å². The van der Waals surface area contributed by atoms with Crippen LogP contribution in [0.15, 0.2) is 137 Å². The largest absolute Gasteiger partial charge is 1.00 e. The van der Waals surface area contributed by atoms with Crippen molar-refractivity contribution in [3.63, 3.8) is 0 Å². The fourth-order valence-corrected chi connectivity index (χ4v) is 10.1. The summed E-state index contributed by atoms with van der Waals surface area (Å²) in [5.74, 6) is -0.760. The molecule has 2 heterocycles. The molecule has 0 aliphatic rings. The Hall–Kier alpha value is -6.11. The molecule has 0 aliphatic carbocycles. The molecule has 35 heteroatoms. The summed E-state index contributed by atoms with van der Waals surface area (Å²) in [5, 5.41) is 55.9. The number of nitro groups is 1. The molecule has 7 aromatic rings. The Morgan fingerprint density at radius 2 is 1.09 bits per heavy atom. The first kappa shape index (κ1) is 65.2. The Morgan fingerprint density at radius 3 is 1.56 bits per heavy atom. The topological polar surface area (TPSA) is 435 Å². The zero-order chi connectivity index (χ0) is 53.4. The van der Waals surface area contributed by atoms with E-state index in [1.165, 1.54) is 62.4 Å². The Kier molecular flexibility index (Phi) is 21.6. The second-order valence-corrected chi connectivity index (χ2v) is 21.3. The van der Waals surface area contributed by atoms with Crippen molar-refractivity contribution in [3.05, 3.63) is 124 Å². The minimum atomic E-state index is -5.58. The third-order valence-corrected chi connectivity index (χ3v) is 14.4. The molecule has 77 heavy (non-hydrogen) atoms. The molecular weight excluding hydrogens is 1090 g/mol.